The number of benzene rings is 1. The van der Waals surface area contributed by atoms with Crippen LogP contribution in [0.5, 0.6) is 0 Å². The molecule has 27 heavy (non-hydrogen) atoms. The van der Waals surface area contributed by atoms with E-state index in [1.807, 2.05) is 25.3 Å². The van der Waals surface area contributed by atoms with Crippen LogP contribution in [0.15, 0.2) is 36.9 Å². The Morgan fingerprint density at radius 3 is 2.63 bits per heavy atom. The van der Waals surface area contributed by atoms with Crippen molar-refractivity contribution in [2.45, 2.75) is 39.5 Å². The number of imidazole rings is 2. The topological polar surface area (TPSA) is 75.6 Å². The van der Waals surface area contributed by atoms with Crippen LogP contribution in [0.25, 0.3) is 11.0 Å². The number of carbonyl (C=O) groups is 1. The number of hydrogen-bond acceptors (Lipinski definition) is 3. The van der Waals surface area contributed by atoms with Gasteiger partial charge in [0.25, 0.3) is 5.91 Å². The van der Waals surface area contributed by atoms with E-state index in [1.54, 1.807) is 18.7 Å². The van der Waals surface area contributed by atoms with Gasteiger partial charge in [0, 0.05) is 24.5 Å². The Morgan fingerprint density at radius 2 is 2.04 bits per heavy atom. The van der Waals surface area contributed by atoms with Crippen molar-refractivity contribution in [2.24, 2.45) is 5.41 Å². The number of hydrogen-bond donors (Lipinski definition) is 2. The van der Waals surface area contributed by atoms with Crippen molar-refractivity contribution in [1.82, 2.24) is 24.8 Å². The molecule has 2 heterocycles. The van der Waals surface area contributed by atoms with Gasteiger partial charge in [-0.2, -0.15) is 13.2 Å². The molecule has 0 unspecified atom stereocenters. The molecule has 1 aromatic carbocycles. The molecule has 1 atom stereocenters. The predicted octanol–water partition coefficient (Wildman–Crippen LogP) is 3.62. The van der Waals surface area contributed by atoms with E-state index in [0.29, 0.717) is 6.54 Å². The molecule has 0 saturated carbocycles. The first-order valence-electron chi connectivity index (χ1n) is 8.37. The number of carbonyl (C=O) groups excluding carboxylic acids is 1. The Balaban J connectivity index is 1.83. The van der Waals surface area contributed by atoms with Crippen LogP contribution in [0.1, 0.15) is 37.0 Å². The van der Waals surface area contributed by atoms with Gasteiger partial charge < -0.3 is 14.9 Å². The van der Waals surface area contributed by atoms with E-state index in [4.69, 9.17) is 0 Å². The Bertz CT molecular complexity index is 938. The van der Waals surface area contributed by atoms with Gasteiger partial charge in [0.15, 0.2) is 0 Å². The summed E-state index contributed by atoms with van der Waals surface area (Å²) in [5.41, 5.74) is 0.350. The molecule has 0 aliphatic rings. The van der Waals surface area contributed by atoms with Crippen LogP contribution in [0.4, 0.5) is 13.2 Å². The number of fused-ring (bicyclic) bond motifs is 1. The summed E-state index contributed by atoms with van der Waals surface area (Å²) < 4.78 is 40.2. The zero-order chi connectivity index (χ0) is 19.8. The highest BCUT2D eigenvalue weighted by Gasteiger charge is 2.35. The first-order valence-corrected chi connectivity index (χ1v) is 8.37. The Kier molecular flexibility index (Phi) is 4.71. The molecule has 3 aromatic rings. The average molecular weight is 379 g/mol. The molecular formula is C18H20F3N5O. The van der Waals surface area contributed by atoms with Gasteiger partial charge in [-0.1, -0.05) is 20.8 Å². The first-order chi connectivity index (χ1) is 12.5. The molecule has 6 nitrogen and oxygen atoms in total. The molecule has 0 bridgehead atoms. The van der Waals surface area contributed by atoms with Gasteiger partial charge in [0.2, 0.25) is 5.82 Å². The largest absolute Gasteiger partial charge is 0.449 e. The number of nitrogens with one attached hydrogen (secondary N) is 2. The summed E-state index contributed by atoms with van der Waals surface area (Å²) in [5.74, 6) is -1.44. The van der Waals surface area contributed by atoms with E-state index in [2.05, 4.69) is 20.3 Å². The van der Waals surface area contributed by atoms with Crippen LogP contribution in [0.2, 0.25) is 0 Å². The number of halogens is 3. The zero-order valence-electron chi connectivity index (χ0n) is 15.1. The van der Waals surface area contributed by atoms with Crippen molar-refractivity contribution in [3.8, 4) is 0 Å². The molecule has 0 radical (unpaired) electrons. The van der Waals surface area contributed by atoms with Gasteiger partial charge in [0.1, 0.15) is 0 Å². The quantitative estimate of drug-likeness (QED) is 0.727. The lowest BCUT2D eigenvalue weighted by molar-refractivity contribution is -0.144. The van der Waals surface area contributed by atoms with E-state index in [9.17, 15) is 18.0 Å². The second-order valence-electron chi connectivity index (χ2n) is 7.47. The average Bonchev–Trinajstić information content (AvgIpc) is 3.21. The molecule has 0 aliphatic heterocycles. The monoisotopic (exact) mass is 379 g/mol. The third-order valence-corrected chi connectivity index (χ3v) is 4.32. The smallest absolute Gasteiger partial charge is 0.347 e. The minimum Gasteiger partial charge on any atom is -0.347 e. The molecule has 0 saturated heterocycles. The molecule has 144 valence electrons. The highest BCUT2D eigenvalue weighted by Crippen LogP contribution is 2.29. The minimum absolute atomic E-state index is 0.157. The molecule has 0 aliphatic carbocycles. The van der Waals surface area contributed by atoms with Crippen LogP contribution in [-0.4, -0.2) is 31.5 Å². The lowest BCUT2D eigenvalue weighted by atomic mass is 9.86. The number of aromatic nitrogens is 4. The van der Waals surface area contributed by atoms with Crippen molar-refractivity contribution in [3.63, 3.8) is 0 Å². The van der Waals surface area contributed by atoms with Gasteiger partial charge in [-0.3, -0.25) is 4.79 Å². The van der Waals surface area contributed by atoms with Gasteiger partial charge in [-0.05, 0) is 23.6 Å². The predicted molar refractivity (Wildman–Crippen MR) is 94.0 cm³/mol. The molecule has 9 heteroatoms. The van der Waals surface area contributed by atoms with Gasteiger partial charge in [-0.25, -0.2) is 9.97 Å². The highest BCUT2D eigenvalue weighted by atomic mass is 19.4. The fraction of sp³-hybridized carbons (Fsp3) is 0.389. The molecule has 0 spiro atoms. The summed E-state index contributed by atoms with van der Waals surface area (Å²) in [6, 6.07) is 4.04. The number of rotatable bonds is 4. The number of alkyl halides is 3. The summed E-state index contributed by atoms with van der Waals surface area (Å²) in [6.45, 7) is 6.54. The van der Waals surface area contributed by atoms with Crippen LogP contribution in [-0.2, 0) is 12.7 Å². The fourth-order valence-electron chi connectivity index (χ4n) is 2.67. The standard InChI is InChI=1S/C18H20F3N5O/c1-17(2,3)14(9-26-7-6-22-10-26)25-15(27)11-4-5-12-13(8-11)24-16(23-12)18(19,20)21/h4-8,10,14H,9H2,1-3H3,(H,23,24)(H,25,27)/t14-/m0/s1. The van der Waals surface area contributed by atoms with E-state index in [0.717, 1.165) is 0 Å². The van der Waals surface area contributed by atoms with Gasteiger partial charge in [-0.15, -0.1) is 0 Å². The van der Waals surface area contributed by atoms with Crippen molar-refractivity contribution >= 4 is 16.9 Å². The van der Waals surface area contributed by atoms with Crippen LogP contribution < -0.4 is 5.32 Å². The molecule has 2 N–H and O–H groups in total. The summed E-state index contributed by atoms with van der Waals surface area (Å²) in [4.78, 5) is 22.4. The third-order valence-electron chi connectivity index (χ3n) is 4.32. The molecular weight excluding hydrogens is 359 g/mol. The lowest BCUT2D eigenvalue weighted by Crippen LogP contribution is -2.46. The Morgan fingerprint density at radius 1 is 1.30 bits per heavy atom. The van der Waals surface area contributed by atoms with Crippen molar-refractivity contribution in [3.05, 3.63) is 48.3 Å². The van der Waals surface area contributed by atoms with E-state index < -0.39 is 12.0 Å². The van der Waals surface area contributed by atoms with Crippen LogP contribution in [0.3, 0.4) is 0 Å². The summed E-state index contributed by atoms with van der Waals surface area (Å²) >= 11 is 0. The second kappa shape index (κ2) is 6.71. The fourth-order valence-corrected chi connectivity index (χ4v) is 2.67. The van der Waals surface area contributed by atoms with Crippen LogP contribution >= 0.6 is 0 Å². The molecule has 1 amide bonds. The SMILES string of the molecule is CC(C)(C)[C@H](Cn1ccnc1)NC(=O)c1ccc2nc(C(F)(F)F)[nH]c2c1. The summed E-state index contributed by atoms with van der Waals surface area (Å²) in [5, 5.41) is 2.97. The number of aromatic amines is 1. The van der Waals surface area contributed by atoms with Crippen molar-refractivity contribution < 1.29 is 18.0 Å². The number of H-pyrrole nitrogens is 1. The number of amides is 1. The second-order valence-corrected chi connectivity index (χ2v) is 7.47. The number of nitrogens with zero attached hydrogens (tertiary/aromatic N) is 3. The van der Waals surface area contributed by atoms with E-state index >= 15 is 0 Å². The Labute approximate surface area is 153 Å². The maximum Gasteiger partial charge on any atom is 0.449 e. The van der Waals surface area contributed by atoms with Gasteiger partial charge in [0.05, 0.1) is 23.4 Å². The van der Waals surface area contributed by atoms with Crippen molar-refractivity contribution in [2.75, 3.05) is 0 Å². The molecule has 2 aromatic heterocycles. The lowest BCUT2D eigenvalue weighted by Gasteiger charge is -2.31. The normalized spacial score (nSPS) is 13.7. The highest BCUT2D eigenvalue weighted by molar-refractivity contribution is 5.97. The van der Waals surface area contributed by atoms with E-state index in [1.165, 1.54) is 18.2 Å². The minimum atomic E-state index is -4.57. The Hall–Kier alpha value is -2.84. The maximum absolute atomic E-state index is 12.8. The maximum atomic E-state index is 12.8. The summed E-state index contributed by atoms with van der Waals surface area (Å²) in [7, 11) is 0. The van der Waals surface area contributed by atoms with E-state index in [-0.39, 0.29) is 34.0 Å². The van der Waals surface area contributed by atoms with Crippen LogP contribution in [0, 0.1) is 5.41 Å². The first kappa shape index (κ1) is 18.9. The zero-order valence-corrected chi connectivity index (χ0v) is 15.1. The van der Waals surface area contributed by atoms with Crippen molar-refractivity contribution in [1.29, 1.82) is 0 Å². The molecule has 3 rings (SSSR count). The molecule has 0 fully saturated rings. The third kappa shape index (κ3) is 4.29. The summed E-state index contributed by atoms with van der Waals surface area (Å²) in [6.07, 6.45) is 0.565. The van der Waals surface area contributed by atoms with Gasteiger partial charge >= 0.3 is 6.18 Å².